The highest BCUT2D eigenvalue weighted by molar-refractivity contribution is 6.51. The summed E-state index contributed by atoms with van der Waals surface area (Å²) in [4.78, 5) is 35.7. The first kappa shape index (κ1) is 23.2. The van der Waals surface area contributed by atoms with E-state index in [9.17, 15) is 14.7 Å². The number of aromatic nitrogens is 2. The van der Waals surface area contributed by atoms with E-state index in [0.29, 0.717) is 28.1 Å². The van der Waals surface area contributed by atoms with Gasteiger partial charge in [-0.3, -0.25) is 14.5 Å². The quantitative estimate of drug-likeness (QED) is 0.228. The molecule has 2 heterocycles. The summed E-state index contributed by atoms with van der Waals surface area (Å²) in [6.45, 7) is 3.86. The van der Waals surface area contributed by atoms with E-state index in [1.54, 1.807) is 55.6 Å². The van der Waals surface area contributed by atoms with Crippen molar-refractivity contribution in [2.75, 3.05) is 12.0 Å². The van der Waals surface area contributed by atoms with Crippen LogP contribution in [0.15, 0.2) is 78.4 Å². The molecule has 0 bridgehead atoms. The Bertz CT molecular complexity index is 1440. The highest BCUT2D eigenvalue weighted by Gasteiger charge is 2.48. The van der Waals surface area contributed by atoms with Gasteiger partial charge in [-0.25, -0.2) is 4.98 Å². The van der Waals surface area contributed by atoms with Gasteiger partial charge in [0.25, 0.3) is 5.78 Å². The van der Waals surface area contributed by atoms with Crippen molar-refractivity contribution in [1.29, 1.82) is 0 Å². The molecule has 1 fully saturated rings. The van der Waals surface area contributed by atoms with Crippen LogP contribution < -0.4 is 14.4 Å². The minimum Gasteiger partial charge on any atom is -0.507 e. The Labute approximate surface area is 207 Å². The molecule has 1 unspecified atom stereocenters. The number of rotatable bonds is 6. The molecule has 1 aromatic heterocycles. The highest BCUT2D eigenvalue weighted by atomic mass is 16.5. The molecule has 36 heavy (non-hydrogen) atoms. The molecular formula is C28H25N3O5. The molecule has 1 saturated heterocycles. The fourth-order valence-corrected chi connectivity index (χ4v) is 4.33. The fraction of sp³-hybridized carbons (Fsp3) is 0.179. The monoisotopic (exact) mass is 483 g/mol. The van der Waals surface area contributed by atoms with Crippen LogP contribution in [-0.4, -0.2) is 40.0 Å². The first-order valence-electron chi connectivity index (χ1n) is 11.5. The third kappa shape index (κ3) is 4.07. The second-order valence-corrected chi connectivity index (χ2v) is 8.71. The van der Waals surface area contributed by atoms with Crippen molar-refractivity contribution < 1.29 is 24.2 Å². The van der Waals surface area contributed by atoms with Crippen molar-refractivity contribution >= 4 is 34.4 Å². The van der Waals surface area contributed by atoms with E-state index < -0.39 is 17.7 Å². The number of anilines is 1. The number of ether oxygens (including phenoxy) is 2. The number of aliphatic hydroxyl groups is 1. The van der Waals surface area contributed by atoms with Gasteiger partial charge in [-0.2, -0.15) is 0 Å². The van der Waals surface area contributed by atoms with E-state index in [1.807, 2.05) is 38.1 Å². The maximum absolute atomic E-state index is 13.4. The number of hydrogen-bond acceptors (Lipinski definition) is 6. The third-order valence-electron chi connectivity index (χ3n) is 5.98. The summed E-state index contributed by atoms with van der Waals surface area (Å²) in [6.07, 6.45) is -0.00731. The number of benzene rings is 3. The van der Waals surface area contributed by atoms with Gasteiger partial charge in [0.15, 0.2) is 0 Å². The number of H-pyrrole nitrogens is 1. The van der Waals surface area contributed by atoms with Crippen molar-refractivity contribution in [3.8, 4) is 11.5 Å². The number of carbonyl (C=O) groups excluding carboxylic acids is 2. The minimum absolute atomic E-state index is 0.00731. The number of carbonyl (C=O) groups is 2. The molecule has 8 heteroatoms. The lowest BCUT2D eigenvalue weighted by Crippen LogP contribution is -2.30. The van der Waals surface area contributed by atoms with E-state index in [0.717, 1.165) is 5.52 Å². The summed E-state index contributed by atoms with van der Waals surface area (Å²) in [7, 11) is 1.54. The molecule has 182 valence electrons. The number of aliphatic hydroxyl groups excluding tert-OH is 1. The second kappa shape index (κ2) is 9.22. The lowest BCUT2D eigenvalue weighted by atomic mass is 9.95. The third-order valence-corrected chi connectivity index (χ3v) is 5.98. The van der Waals surface area contributed by atoms with E-state index in [2.05, 4.69) is 9.97 Å². The molecule has 8 nitrogen and oxygen atoms in total. The second-order valence-electron chi connectivity index (χ2n) is 8.71. The topological polar surface area (TPSA) is 105 Å². The van der Waals surface area contributed by atoms with E-state index >= 15 is 0 Å². The highest BCUT2D eigenvalue weighted by Crippen LogP contribution is 2.42. The van der Waals surface area contributed by atoms with E-state index in [1.165, 1.54) is 4.90 Å². The van der Waals surface area contributed by atoms with Gasteiger partial charge < -0.3 is 19.6 Å². The Morgan fingerprint density at radius 2 is 1.64 bits per heavy atom. The SMILES string of the molecule is COc1ccc(/C(O)=C2\C(=O)C(=O)N(c3nc4ccccc4[nH]3)C2c2ccc(OC(C)C)cc2)cc1. The van der Waals surface area contributed by atoms with Crippen LogP contribution in [0.4, 0.5) is 5.95 Å². The number of nitrogens with one attached hydrogen (secondary N) is 1. The number of imidazole rings is 1. The van der Waals surface area contributed by atoms with Gasteiger partial charge in [-0.15, -0.1) is 0 Å². The van der Waals surface area contributed by atoms with Crippen molar-refractivity contribution in [3.05, 3.63) is 89.5 Å². The number of Topliss-reactive ketones (excluding diaryl/α,β-unsaturated/α-hetero) is 1. The van der Waals surface area contributed by atoms with Gasteiger partial charge in [0, 0.05) is 5.56 Å². The van der Waals surface area contributed by atoms with Crippen LogP contribution in [0.25, 0.3) is 16.8 Å². The van der Waals surface area contributed by atoms with Crippen molar-refractivity contribution in [3.63, 3.8) is 0 Å². The Morgan fingerprint density at radius 3 is 2.28 bits per heavy atom. The summed E-state index contributed by atoms with van der Waals surface area (Å²) >= 11 is 0. The summed E-state index contributed by atoms with van der Waals surface area (Å²) in [5.74, 6) is -0.370. The number of nitrogens with zero attached hydrogens (tertiary/aromatic N) is 2. The molecule has 1 atom stereocenters. The van der Waals surface area contributed by atoms with E-state index in [4.69, 9.17) is 9.47 Å². The average molecular weight is 484 g/mol. The Morgan fingerprint density at radius 1 is 0.972 bits per heavy atom. The first-order valence-corrected chi connectivity index (χ1v) is 11.5. The zero-order valence-corrected chi connectivity index (χ0v) is 20.1. The number of methoxy groups -OCH3 is 1. The summed E-state index contributed by atoms with van der Waals surface area (Å²) < 4.78 is 10.9. The van der Waals surface area contributed by atoms with Gasteiger partial charge in [0.05, 0.1) is 35.9 Å². The summed E-state index contributed by atoms with van der Waals surface area (Å²) in [5, 5.41) is 11.3. The maximum Gasteiger partial charge on any atom is 0.302 e. The Kier molecular flexibility index (Phi) is 5.93. The predicted octanol–water partition coefficient (Wildman–Crippen LogP) is 4.99. The smallest absolute Gasteiger partial charge is 0.302 e. The van der Waals surface area contributed by atoms with E-state index in [-0.39, 0.29) is 23.4 Å². The van der Waals surface area contributed by atoms with Gasteiger partial charge in [0.2, 0.25) is 5.95 Å². The van der Waals surface area contributed by atoms with Crippen LogP contribution in [0.2, 0.25) is 0 Å². The predicted molar refractivity (Wildman–Crippen MR) is 136 cm³/mol. The molecule has 1 aliphatic rings. The molecule has 0 saturated carbocycles. The number of fused-ring (bicyclic) bond motifs is 1. The number of aromatic amines is 1. The minimum atomic E-state index is -0.902. The molecule has 0 radical (unpaired) electrons. The molecular weight excluding hydrogens is 458 g/mol. The standard InChI is InChI=1S/C28H25N3O5/c1-16(2)36-20-14-8-17(9-15-20)24-23(25(32)18-10-12-19(35-3)13-11-18)26(33)27(34)31(24)28-29-21-6-4-5-7-22(21)30-28/h4-16,24,32H,1-3H3,(H,29,30)/b25-23+. The average Bonchev–Trinajstić information content (AvgIpc) is 3.42. The van der Waals surface area contributed by atoms with Gasteiger partial charge in [0.1, 0.15) is 17.3 Å². The number of amides is 1. The van der Waals surface area contributed by atoms with Crippen LogP contribution in [-0.2, 0) is 9.59 Å². The normalized spacial score (nSPS) is 17.2. The Hall–Kier alpha value is -4.59. The van der Waals surface area contributed by atoms with Crippen LogP contribution in [0.3, 0.4) is 0 Å². The van der Waals surface area contributed by atoms with Crippen LogP contribution >= 0.6 is 0 Å². The molecule has 2 N–H and O–H groups in total. The number of ketones is 1. The zero-order valence-electron chi connectivity index (χ0n) is 20.1. The van der Waals surface area contributed by atoms with Gasteiger partial charge >= 0.3 is 5.91 Å². The largest absolute Gasteiger partial charge is 0.507 e. The van der Waals surface area contributed by atoms with Crippen molar-refractivity contribution in [1.82, 2.24) is 9.97 Å². The maximum atomic E-state index is 13.4. The molecule has 4 aromatic rings. The molecule has 1 amide bonds. The molecule has 0 aliphatic carbocycles. The zero-order chi connectivity index (χ0) is 25.4. The van der Waals surface area contributed by atoms with Crippen LogP contribution in [0.5, 0.6) is 11.5 Å². The summed E-state index contributed by atoms with van der Waals surface area (Å²) in [6, 6.07) is 20.2. The van der Waals surface area contributed by atoms with Gasteiger partial charge in [-0.05, 0) is 67.9 Å². The molecule has 1 aliphatic heterocycles. The fourth-order valence-electron chi connectivity index (χ4n) is 4.33. The van der Waals surface area contributed by atoms with Gasteiger partial charge in [-0.1, -0.05) is 24.3 Å². The first-order chi connectivity index (χ1) is 17.4. The van der Waals surface area contributed by atoms with Crippen molar-refractivity contribution in [2.45, 2.75) is 26.0 Å². The molecule has 0 spiro atoms. The van der Waals surface area contributed by atoms with Crippen LogP contribution in [0.1, 0.15) is 31.0 Å². The molecule has 5 rings (SSSR count). The van der Waals surface area contributed by atoms with Crippen LogP contribution in [0, 0.1) is 0 Å². The Balaban J connectivity index is 1.67. The lowest BCUT2D eigenvalue weighted by molar-refractivity contribution is -0.132. The van der Waals surface area contributed by atoms with Crippen molar-refractivity contribution in [2.24, 2.45) is 0 Å². The number of para-hydroxylation sites is 2. The lowest BCUT2D eigenvalue weighted by Gasteiger charge is -2.23. The number of hydrogen-bond donors (Lipinski definition) is 2. The summed E-state index contributed by atoms with van der Waals surface area (Å²) in [5.41, 5.74) is 2.38. The molecule has 3 aromatic carbocycles.